The highest BCUT2D eigenvalue weighted by atomic mass is 32.1. The molecule has 1 rings (SSSR count). The lowest BCUT2D eigenvalue weighted by molar-refractivity contribution is 0.404. The molecule has 0 fully saturated rings. The summed E-state index contributed by atoms with van der Waals surface area (Å²) in [6.07, 6.45) is 0. The van der Waals surface area contributed by atoms with Gasteiger partial charge in [0.05, 0.1) is 11.4 Å². The Hall–Kier alpha value is -0.510. The molecule has 4 heteroatoms. The van der Waals surface area contributed by atoms with Crippen LogP contribution >= 0.6 is 12.6 Å². The lowest BCUT2D eigenvalue weighted by Crippen LogP contribution is -2.30. The Balaban J connectivity index is 3.53. The highest BCUT2D eigenvalue weighted by Gasteiger charge is 2.34. The van der Waals surface area contributed by atoms with Crippen molar-refractivity contribution in [2.24, 2.45) is 0 Å². The predicted molar refractivity (Wildman–Crippen MR) is 75.7 cm³/mol. The molecule has 0 unspecified atom stereocenters. The Labute approximate surface area is 110 Å². The monoisotopic (exact) mass is 255 g/mol. The van der Waals surface area contributed by atoms with Crippen LogP contribution in [-0.4, -0.2) is 15.0 Å². The van der Waals surface area contributed by atoms with Gasteiger partial charge in [0.25, 0.3) is 0 Å². The van der Waals surface area contributed by atoms with Crippen molar-refractivity contribution in [2.75, 3.05) is 0 Å². The van der Waals surface area contributed by atoms with Gasteiger partial charge in [-0.05, 0) is 13.8 Å². The third kappa shape index (κ3) is 3.03. The van der Waals surface area contributed by atoms with Crippen molar-refractivity contribution < 1.29 is 0 Å². The summed E-state index contributed by atoms with van der Waals surface area (Å²) in [5.41, 5.74) is 2.24. The lowest BCUT2D eigenvalue weighted by Gasteiger charge is -2.30. The van der Waals surface area contributed by atoms with E-state index in [0.717, 1.165) is 5.69 Å². The molecule has 0 radical (unpaired) electrons. The summed E-state index contributed by atoms with van der Waals surface area (Å²) in [5.74, 6) is 0. The molecule has 0 aliphatic heterocycles. The summed E-state index contributed by atoms with van der Waals surface area (Å²) in [4.78, 5) is -0.334. The average Bonchev–Trinajstić information content (AvgIpc) is 2.42. The standard InChI is InChI=1S/C13H25N3S/c1-11(2,3)9-10(12(4,5)6)16(15-14-9)13(7,8)17/h17H,1-8H3. The van der Waals surface area contributed by atoms with Gasteiger partial charge in [-0.3, -0.25) is 0 Å². The molecule has 0 aliphatic rings. The Morgan fingerprint density at radius 3 is 1.65 bits per heavy atom. The summed E-state index contributed by atoms with van der Waals surface area (Å²) in [7, 11) is 0. The molecule has 98 valence electrons. The first kappa shape index (κ1) is 14.6. The number of hydrogen-bond donors (Lipinski definition) is 1. The van der Waals surface area contributed by atoms with Gasteiger partial charge >= 0.3 is 0 Å². The topological polar surface area (TPSA) is 30.7 Å². The van der Waals surface area contributed by atoms with E-state index in [1.807, 2.05) is 18.5 Å². The second-order valence-electron chi connectivity index (χ2n) is 7.19. The van der Waals surface area contributed by atoms with Crippen LogP contribution in [0.15, 0.2) is 0 Å². The van der Waals surface area contributed by atoms with Crippen molar-refractivity contribution in [1.82, 2.24) is 15.0 Å². The molecule has 0 bridgehead atoms. The zero-order valence-electron chi connectivity index (χ0n) is 12.3. The van der Waals surface area contributed by atoms with Gasteiger partial charge in [-0.15, -0.1) is 17.7 Å². The Bertz CT molecular complexity index is 368. The average molecular weight is 255 g/mol. The van der Waals surface area contributed by atoms with Crippen LogP contribution in [0.5, 0.6) is 0 Å². The number of aromatic nitrogens is 3. The van der Waals surface area contributed by atoms with Crippen molar-refractivity contribution >= 4 is 12.6 Å². The molecule has 0 spiro atoms. The van der Waals surface area contributed by atoms with E-state index >= 15 is 0 Å². The predicted octanol–water partition coefficient (Wildman–Crippen LogP) is 3.50. The Morgan fingerprint density at radius 2 is 1.35 bits per heavy atom. The van der Waals surface area contributed by atoms with Crippen LogP contribution in [0.4, 0.5) is 0 Å². The van der Waals surface area contributed by atoms with Gasteiger partial charge < -0.3 is 0 Å². The fourth-order valence-corrected chi connectivity index (χ4v) is 1.98. The first-order chi connectivity index (χ1) is 7.35. The number of nitrogens with zero attached hydrogens (tertiary/aromatic N) is 3. The zero-order chi connectivity index (χ0) is 13.6. The maximum Gasteiger partial charge on any atom is 0.101 e. The van der Waals surface area contributed by atoms with Crippen LogP contribution in [0.1, 0.15) is 66.8 Å². The minimum Gasteiger partial charge on any atom is -0.233 e. The maximum absolute atomic E-state index is 4.62. The summed E-state index contributed by atoms with van der Waals surface area (Å²) in [6.45, 7) is 17.1. The minimum atomic E-state index is -0.334. The molecule has 17 heavy (non-hydrogen) atoms. The second-order valence-corrected chi connectivity index (χ2v) is 8.29. The van der Waals surface area contributed by atoms with Crippen LogP contribution < -0.4 is 0 Å². The van der Waals surface area contributed by atoms with E-state index in [0.29, 0.717) is 0 Å². The summed E-state index contributed by atoms with van der Waals surface area (Å²) < 4.78 is 1.94. The summed E-state index contributed by atoms with van der Waals surface area (Å²) in [5, 5.41) is 8.70. The molecule has 0 aliphatic carbocycles. The van der Waals surface area contributed by atoms with Crippen LogP contribution in [0.25, 0.3) is 0 Å². The van der Waals surface area contributed by atoms with Crippen LogP contribution in [0.2, 0.25) is 0 Å². The van der Waals surface area contributed by atoms with Crippen LogP contribution in [0.3, 0.4) is 0 Å². The third-order valence-electron chi connectivity index (χ3n) is 2.61. The molecule has 0 saturated carbocycles. The van der Waals surface area contributed by atoms with E-state index in [-0.39, 0.29) is 15.7 Å². The number of hydrogen-bond acceptors (Lipinski definition) is 3. The molecular formula is C13H25N3S. The third-order valence-corrected chi connectivity index (χ3v) is 2.80. The molecule has 1 aromatic heterocycles. The first-order valence-corrected chi connectivity index (χ1v) is 6.49. The second kappa shape index (κ2) is 4.01. The fourth-order valence-electron chi connectivity index (χ4n) is 1.84. The van der Waals surface area contributed by atoms with Crippen molar-refractivity contribution in [1.29, 1.82) is 0 Å². The van der Waals surface area contributed by atoms with E-state index < -0.39 is 0 Å². The normalized spacial score (nSPS) is 14.2. The molecular weight excluding hydrogens is 230 g/mol. The molecule has 0 amide bonds. The largest absolute Gasteiger partial charge is 0.233 e. The highest BCUT2D eigenvalue weighted by molar-refractivity contribution is 7.81. The van der Waals surface area contributed by atoms with Crippen molar-refractivity contribution in [3.63, 3.8) is 0 Å². The zero-order valence-corrected chi connectivity index (χ0v) is 13.2. The quantitative estimate of drug-likeness (QED) is 0.779. The molecule has 0 atom stereocenters. The van der Waals surface area contributed by atoms with Gasteiger partial charge in [-0.2, -0.15) is 0 Å². The van der Waals surface area contributed by atoms with E-state index in [9.17, 15) is 0 Å². The van der Waals surface area contributed by atoms with E-state index in [1.165, 1.54) is 5.69 Å². The number of thiol groups is 1. The summed E-state index contributed by atoms with van der Waals surface area (Å²) >= 11 is 4.62. The smallest absolute Gasteiger partial charge is 0.101 e. The van der Waals surface area contributed by atoms with Crippen LogP contribution in [-0.2, 0) is 15.7 Å². The maximum atomic E-state index is 4.62. The van der Waals surface area contributed by atoms with E-state index in [2.05, 4.69) is 64.5 Å². The van der Waals surface area contributed by atoms with Gasteiger partial charge in [0, 0.05) is 10.8 Å². The Morgan fingerprint density at radius 1 is 0.882 bits per heavy atom. The number of rotatable bonds is 1. The van der Waals surface area contributed by atoms with E-state index in [4.69, 9.17) is 0 Å². The van der Waals surface area contributed by atoms with Crippen LogP contribution in [0, 0.1) is 0 Å². The van der Waals surface area contributed by atoms with Gasteiger partial charge in [-0.1, -0.05) is 46.8 Å². The van der Waals surface area contributed by atoms with Crippen molar-refractivity contribution in [2.45, 2.75) is 71.1 Å². The minimum absolute atomic E-state index is 0.000108. The van der Waals surface area contributed by atoms with Crippen molar-refractivity contribution in [3.8, 4) is 0 Å². The molecule has 0 N–H and O–H groups in total. The Kier molecular flexibility index (Phi) is 3.43. The molecule has 1 aromatic rings. The highest BCUT2D eigenvalue weighted by Crippen LogP contribution is 2.35. The lowest BCUT2D eigenvalue weighted by atomic mass is 9.82. The van der Waals surface area contributed by atoms with Gasteiger partial charge in [0.2, 0.25) is 0 Å². The van der Waals surface area contributed by atoms with Gasteiger partial charge in [0.15, 0.2) is 0 Å². The van der Waals surface area contributed by atoms with E-state index in [1.54, 1.807) is 0 Å². The molecule has 3 nitrogen and oxygen atoms in total. The SMILES string of the molecule is CC(C)(C)c1nnn(C(C)(C)S)c1C(C)(C)C. The first-order valence-electron chi connectivity index (χ1n) is 6.04. The summed E-state index contributed by atoms with van der Waals surface area (Å²) in [6, 6.07) is 0. The molecule has 0 saturated heterocycles. The molecule has 1 heterocycles. The fraction of sp³-hybridized carbons (Fsp3) is 0.846. The molecule has 0 aromatic carbocycles. The van der Waals surface area contributed by atoms with Gasteiger partial charge in [-0.25, -0.2) is 4.68 Å². The van der Waals surface area contributed by atoms with Crippen molar-refractivity contribution in [3.05, 3.63) is 11.4 Å². The van der Waals surface area contributed by atoms with Gasteiger partial charge in [0.1, 0.15) is 4.87 Å².